The molecule has 0 aliphatic rings. The van der Waals surface area contributed by atoms with E-state index in [1.54, 1.807) is 14.0 Å². The lowest BCUT2D eigenvalue weighted by Gasteiger charge is -2.19. The molecule has 0 heterocycles. The van der Waals surface area contributed by atoms with Gasteiger partial charge in [-0.25, -0.2) is 0 Å². The van der Waals surface area contributed by atoms with E-state index in [0.29, 0.717) is 12.8 Å². The maximum absolute atomic E-state index is 12.0. The van der Waals surface area contributed by atoms with E-state index in [-0.39, 0.29) is 12.5 Å². The highest BCUT2D eigenvalue weighted by Gasteiger charge is 2.17. The number of benzene rings is 1. The van der Waals surface area contributed by atoms with E-state index in [4.69, 9.17) is 5.11 Å². The number of carbonyl (C=O) groups excluding carboxylic acids is 1. The predicted molar refractivity (Wildman–Crippen MR) is 78.7 cm³/mol. The van der Waals surface area contributed by atoms with Crippen molar-refractivity contribution in [2.24, 2.45) is 5.92 Å². The van der Waals surface area contributed by atoms with Crippen LogP contribution in [0.25, 0.3) is 0 Å². The number of hydrogen-bond donors (Lipinski definition) is 1. The summed E-state index contributed by atoms with van der Waals surface area (Å²) in [5, 5.41) is 8.84. The second kappa shape index (κ2) is 7.08. The number of hydrogen-bond acceptors (Lipinski definition) is 2. The van der Waals surface area contributed by atoms with Crippen LogP contribution < -0.4 is 0 Å². The molecule has 0 aliphatic heterocycles. The van der Waals surface area contributed by atoms with E-state index < -0.39 is 11.9 Å². The Morgan fingerprint density at radius 3 is 2.50 bits per heavy atom. The molecule has 0 radical (unpaired) electrons. The number of carbonyl (C=O) groups is 2. The fourth-order valence-electron chi connectivity index (χ4n) is 2.15. The normalized spacial score (nSPS) is 12.0. The first-order chi connectivity index (χ1) is 9.31. The highest BCUT2D eigenvalue weighted by Crippen LogP contribution is 2.13. The maximum Gasteiger partial charge on any atom is 0.308 e. The molecule has 0 fully saturated rings. The highest BCUT2D eigenvalue weighted by atomic mass is 16.4. The van der Waals surface area contributed by atoms with Crippen molar-refractivity contribution in [1.29, 1.82) is 0 Å². The largest absolute Gasteiger partial charge is 0.481 e. The minimum absolute atomic E-state index is 0.0157. The molecule has 1 unspecified atom stereocenters. The Morgan fingerprint density at radius 2 is 1.95 bits per heavy atom. The van der Waals surface area contributed by atoms with Crippen molar-refractivity contribution in [3.05, 3.63) is 34.9 Å². The first kappa shape index (κ1) is 16.2. The Balaban J connectivity index is 2.52. The van der Waals surface area contributed by atoms with Crippen LogP contribution in [-0.4, -0.2) is 35.5 Å². The third kappa shape index (κ3) is 4.68. The molecule has 4 heteroatoms. The van der Waals surface area contributed by atoms with E-state index in [9.17, 15) is 9.59 Å². The second-order valence-corrected chi connectivity index (χ2v) is 5.44. The summed E-state index contributed by atoms with van der Waals surface area (Å²) in [6.07, 6.45) is 1.10. The van der Waals surface area contributed by atoms with Crippen LogP contribution in [0, 0.1) is 19.8 Å². The van der Waals surface area contributed by atoms with Gasteiger partial charge in [0.05, 0.1) is 5.92 Å². The van der Waals surface area contributed by atoms with Gasteiger partial charge in [-0.3, -0.25) is 9.59 Å². The Labute approximate surface area is 120 Å². The molecule has 1 N–H and O–H groups in total. The Hall–Kier alpha value is -1.84. The molecule has 1 aromatic rings. The summed E-state index contributed by atoms with van der Waals surface area (Å²) in [6.45, 7) is 5.95. The quantitative estimate of drug-likeness (QED) is 0.868. The summed E-state index contributed by atoms with van der Waals surface area (Å²) in [7, 11) is 1.66. The Kier molecular flexibility index (Phi) is 5.74. The van der Waals surface area contributed by atoms with Gasteiger partial charge in [0.2, 0.25) is 5.91 Å². The second-order valence-electron chi connectivity index (χ2n) is 5.44. The molecule has 0 saturated heterocycles. The van der Waals surface area contributed by atoms with Gasteiger partial charge in [-0.2, -0.15) is 0 Å². The number of carboxylic acid groups (broad SMARTS) is 1. The first-order valence-corrected chi connectivity index (χ1v) is 6.84. The molecule has 0 saturated carbocycles. The molecule has 4 nitrogen and oxygen atoms in total. The number of aryl methyl sites for hydroxylation is 3. The molecule has 20 heavy (non-hydrogen) atoms. The van der Waals surface area contributed by atoms with Crippen molar-refractivity contribution in [2.75, 3.05) is 13.6 Å². The monoisotopic (exact) mass is 277 g/mol. The highest BCUT2D eigenvalue weighted by molar-refractivity contribution is 5.77. The molecule has 1 atom stereocenters. The van der Waals surface area contributed by atoms with E-state index in [0.717, 1.165) is 0 Å². The summed E-state index contributed by atoms with van der Waals surface area (Å²) in [6, 6.07) is 6.21. The summed E-state index contributed by atoms with van der Waals surface area (Å²) in [5.74, 6) is -1.43. The van der Waals surface area contributed by atoms with Gasteiger partial charge < -0.3 is 10.0 Å². The molecule has 110 valence electrons. The zero-order valence-electron chi connectivity index (χ0n) is 12.6. The van der Waals surface area contributed by atoms with Crippen LogP contribution in [0.4, 0.5) is 0 Å². The number of carboxylic acids is 1. The third-order valence-corrected chi connectivity index (χ3v) is 3.50. The lowest BCUT2D eigenvalue weighted by Crippen LogP contribution is -2.33. The van der Waals surface area contributed by atoms with E-state index in [2.05, 4.69) is 12.1 Å². The zero-order chi connectivity index (χ0) is 15.3. The maximum atomic E-state index is 12.0. The minimum Gasteiger partial charge on any atom is -0.481 e. The topological polar surface area (TPSA) is 57.6 Å². The van der Waals surface area contributed by atoms with Gasteiger partial charge >= 0.3 is 5.97 Å². The molecule has 1 aromatic carbocycles. The Bertz CT molecular complexity index is 496. The van der Waals surface area contributed by atoms with Crippen LogP contribution >= 0.6 is 0 Å². The summed E-state index contributed by atoms with van der Waals surface area (Å²) in [4.78, 5) is 24.3. The number of aliphatic carboxylic acids is 1. The summed E-state index contributed by atoms with van der Waals surface area (Å²) < 4.78 is 0. The van der Waals surface area contributed by atoms with Crippen LogP contribution in [0.2, 0.25) is 0 Å². The lowest BCUT2D eigenvalue weighted by molar-refractivity contribution is -0.142. The van der Waals surface area contributed by atoms with Crippen molar-refractivity contribution in [3.8, 4) is 0 Å². The van der Waals surface area contributed by atoms with Crippen molar-refractivity contribution >= 4 is 11.9 Å². The lowest BCUT2D eigenvalue weighted by atomic mass is 10.0. The standard InChI is InChI=1S/C16H23NO3/c1-11-5-6-14(12(2)9-11)7-8-15(18)17(4)10-13(3)16(19)20/h5-6,9,13H,7-8,10H2,1-4H3,(H,19,20). The van der Waals surface area contributed by atoms with Crippen molar-refractivity contribution in [2.45, 2.75) is 33.6 Å². The van der Waals surface area contributed by atoms with E-state index in [1.165, 1.54) is 21.6 Å². The van der Waals surface area contributed by atoms with Crippen LogP contribution in [0.5, 0.6) is 0 Å². The molecule has 0 aliphatic carbocycles. The average Bonchev–Trinajstić information content (AvgIpc) is 2.37. The number of amides is 1. The summed E-state index contributed by atoms with van der Waals surface area (Å²) in [5.41, 5.74) is 3.58. The van der Waals surface area contributed by atoms with Gasteiger partial charge in [0.15, 0.2) is 0 Å². The number of rotatable bonds is 6. The van der Waals surface area contributed by atoms with Crippen LogP contribution in [0.15, 0.2) is 18.2 Å². The van der Waals surface area contributed by atoms with Gasteiger partial charge in [0, 0.05) is 20.0 Å². The van der Waals surface area contributed by atoms with Gasteiger partial charge in [-0.15, -0.1) is 0 Å². The van der Waals surface area contributed by atoms with Crippen LogP contribution in [0.1, 0.15) is 30.0 Å². The summed E-state index contributed by atoms with van der Waals surface area (Å²) >= 11 is 0. The van der Waals surface area contributed by atoms with E-state index >= 15 is 0 Å². The van der Waals surface area contributed by atoms with E-state index in [1.807, 2.05) is 19.9 Å². The van der Waals surface area contributed by atoms with Gasteiger partial charge in [0.1, 0.15) is 0 Å². The van der Waals surface area contributed by atoms with Gasteiger partial charge in [-0.1, -0.05) is 30.7 Å². The van der Waals surface area contributed by atoms with Gasteiger partial charge in [0.25, 0.3) is 0 Å². The molecule has 0 aromatic heterocycles. The minimum atomic E-state index is -0.876. The SMILES string of the molecule is Cc1ccc(CCC(=O)N(C)CC(C)C(=O)O)c(C)c1. The predicted octanol–water partition coefficient (Wildman–Crippen LogP) is 2.42. The van der Waals surface area contributed by atoms with Crippen LogP contribution in [0.3, 0.4) is 0 Å². The molecule has 0 spiro atoms. The first-order valence-electron chi connectivity index (χ1n) is 6.84. The van der Waals surface area contributed by atoms with Crippen molar-refractivity contribution in [3.63, 3.8) is 0 Å². The van der Waals surface area contributed by atoms with Gasteiger partial charge in [-0.05, 0) is 31.4 Å². The molecule has 1 rings (SSSR count). The molecular weight excluding hydrogens is 254 g/mol. The fourth-order valence-corrected chi connectivity index (χ4v) is 2.15. The van der Waals surface area contributed by atoms with Crippen molar-refractivity contribution < 1.29 is 14.7 Å². The smallest absolute Gasteiger partial charge is 0.308 e. The molecule has 0 bridgehead atoms. The zero-order valence-corrected chi connectivity index (χ0v) is 12.6. The van der Waals surface area contributed by atoms with Crippen LogP contribution in [-0.2, 0) is 16.0 Å². The number of nitrogens with zero attached hydrogens (tertiary/aromatic N) is 1. The fraction of sp³-hybridized carbons (Fsp3) is 0.500. The Morgan fingerprint density at radius 1 is 1.30 bits per heavy atom. The third-order valence-electron chi connectivity index (χ3n) is 3.50. The van der Waals surface area contributed by atoms with Crippen molar-refractivity contribution in [1.82, 2.24) is 4.90 Å². The molecule has 1 amide bonds. The molecular formula is C16H23NO3. The average molecular weight is 277 g/mol.